The number of rotatable bonds is 52. The van der Waals surface area contributed by atoms with Crippen molar-refractivity contribution in [2.45, 2.75) is 258 Å². The average Bonchev–Trinajstić information content (AvgIpc) is 3.39. The van der Waals surface area contributed by atoms with E-state index in [9.17, 15) is 14.4 Å². The van der Waals surface area contributed by atoms with Crippen LogP contribution >= 0.6 is 0 Å². The summed E-state index contributed by atoms with van der Waals surface area (Å²) in [6.07, 6.45) is 84.8. The van der Waals surface area contributed by atoms with Crippen molar-refractivity contribution >= 4 is 17.9 Å². The minimum absolute atomic E-state index is 0.115. The normalized spacial score (nSPS) is 13.1. The van der Waals surface area contributed by atoms with E-state index < -0.39 is 12.1 Å². The SMILES string of the molecule is CC/C=C\C/C=C\C/C=C\C/C=C\C/C=C\CCCCCCCCCCCCCCCC(=O)OCC(COC(=O)CCCCCCC/C=C\C/C=C\CCC)OC(=O)CC/C=C\C/C=C\C/C=C\C/C=C\CC. The largest absolute Gasteiger partial charge is 0.462 e. The molecule has 0 aromatic carbocycles. The Bertz CT molecular complexity index is 1580. The smallest absolute Gasteiger partial charge is 0.306 e. The van der Waals surface area contributed by atoms with E-state index in [2.05, 4.69) is 142 Å². The summed E-state index contributed by atoms with van der Waals surface area (Å²) in [5, 5.41) is 0. The van der Waals surface area contributed by atoms with Crippen LogP contribution < -0.4 is 0 Å². The third kappa shape index (κ3) is 58.3. The van der Waals surface area contributed by atoms with Gasteiger partial charge in [-0.2, -0.15) is 0 Å². The molecule has 1 atom stereocenters. The number of carbonyl (C=O) groups is 3. The topological polar surface area (TPSA) is 78.9 Å². The quantitative estimate of drug-likeness (QED) is 0.0261. The maximum Gasteiger partial charge on any atom is 0.306 e. The van der Waals surface area contributed by atoms with Gasteiger partial charge < -0.3 is 14.2 Å². The van der Waals surface area contributed by atoms with Crippen molar-refractivity contribution in [2.24, 2.45) is 0 Å². The van der Waals surface area contributed by atoms with Crippen molar-refractivity contribution < 1.29 is 28.6 Å². The van der Waals surface area contributed by atoms with E-state index in [1.165, 1.54) is 77.0 Å². The Morgan fingerprint density at radius 2 is 0.562 bits per heavy atom. The number of esters is 3. The zero-order valence-electron chi connectivity index (χ0n) is 47.1. The molecule has 0 spiro atoms. The van der Waals surface area contributed by atoms with E-state index in [-0.39, 0.29) is 31.6 Å². The first-order chi connectivity index (χ1) is 36.0. The van der Waals surface area contributed by atoms with Gasteiger partial charge in [0.15, 0.2) is 6.10 Å². The molecule has 6 heteroatoms. The third-order valence-corrected chi connectivity index (χ3v) is 12.1. The fourth-order valence-electron chi connectivity index (χ4n) is 7.76. The minimum Gasteiger partial charge on any atom is -0.462 e. The Kier molecular flexibility index (Phi) is 56.4. The zero-order valence-corrected chi connectivity index (χ0v) is 47.1. The number of hydrogen-bond donors (Lipinski definition) is 0. The van der Waals surface area contributed by atoms with E-state index in [0.717, 1.165) is 128 Å². The van der Waals surface area contributed by atoms with Crippen molar-refractivity contribution in [3.8, 4) is 0 Å². The molecule has 0 fully saturated rings. The molecule has 0 aromatic heterocycles. The van der Waals surface area contributed by atoms with Gasteiger partial charge in [0.05, 0.1) is 0 Å². The molecule has 0 amide bonds. The van der Waals surface area contributed by atoms with E-state index in [1.54, 1.807) is 0 Å². The summed E-state index contributed by atoms with van der Waals surface area (Å²) in [4.78, 5) is 38.1. The number of ether oxygens (including phenoxy) is 3. The maximum absolute atomic E-state index is 12.8. The van der Waals surface area contributed by atoms with Gasteiger partial charge in [0, 0.05) is 19.3 Å². The maximum atomic E-state index is 12.8. The average molecular weight is 1010 g/mol. The molecule has 0 aromatic rings. The van der Waals surface area contributed by atoms with Gasteiger partial charge in [0.25, 0.3) is 0 Å². The summed E-state index contributed by atoms with van der Waals surface area (Å²) >= 11 is 0. The molecule has 6 nitrogen and oxygen atoms in total. The summed E-state index contributed by atoms with van der Waals surface area (Å²) in [6, 6.07) is 0. The van der Waals surface area contributed by atoms with Crippen LogP contribution in [0, 0.1) is 0 Å². The number of unbranched alkanes of at least 4 members (excludes halogenated alkanes) is 19. The Balaban J connectivity index is 4.28. The molecular formula is C67H108O6. The highest BCUT2D eigenvalue weighted by molar-refractivity contribution is 5.71. The second-order valence-electron chi connectivity index (χ2n) is 19.1. The first-order valence-electron chi connectivity index (χ1n) is 29.7. The number of allylic oxidation sites excluding steroid dienone is 22. The summed E-state index contributed by atoms with van der Waals surface area (Å²) < 4.78 is 16.8. The van der Waals surface area contributed by atoms with Gasteiger partial charge in [-0.05, 0) is 116 Å². The zero-order chi connectivity index (χ0) is 52.9. The molecule has 1 unspecified atom stereocenters. The molecule has 0 rings (SSSR count). The highest BCUT2D eigenvalue weighted by Crippen LogP contribution is 2.15. The van der Waals surface area contributed by atoms with Crippen molar-refractivity contribution in [3.05, 3.63) is 134 Å². The number of hydrogen-bond acceptors (Lipinski definition) is 6. The van der Waals surface area contributed by atoms with Crippen molar-refractivity contribution in [2.75, 3.05) is 13.2 Å². The van der Waals surface area contributed by atoms with Crippen molar-refractivity contribution in [1.29, 1.82) is 0 Å². The van der Waals surface area contributed by atoms with Crippen LogP contribution in [0.1, 0.15) is 252 Å². The Morgan fingerprint density at radius 3 is 0.890 bits per heavy atom. The molecule has 0 N–H and O–H groups in total. The van der Waals surface area contributed by atoms with Gasteiger partial charge in [-0.15, -0.1) is 0 Å². The van der Waals surface area contributed by atoms with Gasteiger partial charge in [-0.1, -0.05) is 251 Å². The molecule has 0 radical (unpaired) electrons. The molecule has 0 bridgehead atoms. The van der Waals surface area contributed by atoms with Crippen LogP contribution in [0.2, 0.25) is 0 Å². The van der Waals surface area contributed by atoms with E-state index in [4.69, 9.17) is 14.2 Å². The molecule has 0 aliphatic heterocycles. The van der Waals surface area contributed by atoms with Gasteiger partial charge in [-0.3, -0.25) is 14.4 Å². The van der Waals surface area contributed by atoms with Crippen LogP contribution in [0.15, 0.2) is 134 Å². The lowest BCUT2D eigenvalue weighted by Gasteiger charge is -2.18. The first kappa shape index (κ1) is 68.6. The fourth-order valence-corrected chi connectivity index (χ4v) is 7.76. The van der Waals surface area contributed by atoms with Crippen LogP contribution in [0.5, 0.6) is 0 Å². The third-order valence-electron chi connectivity index (χ3n) is 12.1. The van der Waals surface area contributed by atoms with E-state index in [1.807, 2.05) is 12.2 Å². The summed E-state index contributed by atoms with van der Waals surface area (Å²) in [7, 11) is 0. The molecule has 0 saturated carbocycles. The fraction of sp³-hybridized carbons (Fsp3) is 0.627. The monoisotopic (exact) mass is 1010 g/mol. The Hall–Kier alpha value is -4.45. The van der Waals surface area contributed by atoms with Crippen LogP contribution in [-0.4, -0.2) is 37.2 Å². The van der Waals surface area contributed by atoms with E-state index in [0.29, 0.717) is 19.3 Å². The Labute approximate surface area is 449 Å². The molecule has 0 aliphatic carbocycles. The molecule has 0 saturated heterocycles. The molecule has 0 aliphatic rings. The second kappa shape index (κ2) is 60.1. The lowest BCUT2D eigenvalue weighted by molar-refractivity contribution is -0.166. The molecule has 0 heterocycles. The summed E-state index contributed by atoms with van der Waals surface area (Å²) in [6.45, 7) is 6.26. The summed E-state index contributed by atoms with van der Waals surface area (Å²) in [5.41, 5.74) is 0. The molecule has 412 valence electrons. The Morgan fingerprint density at radius 1 is 0.288 bits per heavy atom. The van der Waals surface area contributed by atoms with Crippen molar-refractivity contribution in [3.63, 3.8) is 0 Å². The van der Waals surface area contributed by atoms with Crippen molar-refractivity contribution in [1.82, 2.24) is 0 Å². The highest BCUT2D eigenvalue weighted by atomic mass is 16.6. The molecular weight excluding hydrogens is 901 g/mol. The molecule has 73 heavy (non-hydrogen) atoms. The number of carbonyl (C=O) groups excluding carboxylic acids is 3. The van der Waals surface area contributed by atoms with Gasteiger partial charge in [0.1, 0.15) is 13.2 Å². The first-order valence-corrected chi connectivity index (χ1v) is 29.7. The standard InChI is InChI=1S/C67H108O6/c1-4-7-10-13-16-19-22-25-26-27-28-29-30-31-32-33-34-35-36-37-38-39-40-43-45-48-51-54-57-60-66(69)72-63-64(73-67(70)61-58-55-52-49-46-42-24-21-18-15-12-9-6-3)62-71-65(68)59-56-53-50-47-44-41-23-20-17-14-11-8-5-2/h7,9-12,14,16,18-21,23,25-26,28-29,31-32,42,46,52,55,64H,4-6,8,13,15,17,22,24,27,30,33-41,43-45,47-51,53-54,56-63H2,1-3H3/b10-7-,12-9-,14-11-,19-16-,21-18-,23-20-,26-25-,29-28-,32-31-,46-42-,55-52-. The minimum atomic E-state index is -0.826. The van der Waals surface area contributed by atoms with Gasteiger partial charge in [0.2, 0.25) is 0 Å². The predicted molar refractivity (Wildman–Crippen MR) is 316 cm³/mol. The predicted octanol–water partition coefficient (Wildman–Crippen LogP) is 20.2. The van der Waals surface area contributed by atoms with Crippen LogP contribution in [0.4, 0.5) is 0 Å². The van der Waals surface area contributed by atoms with Crippen LogP contribution in [0.3, 0.4) is 0 Å². The van der Waals surface area contributed by atoms with Crippen LogP contribution in [0.25, 0.3) is 0 Å². The summed E-state index contributed by atoms with van der Waals surface area (Å²) in [5.74, 6) is -1.02. The van der Waals surface area contributed by atoms with Gasteiger partial charge in [-0.25, -0.2) is 0 Å². The van der Waals surface area contributed by atoms with Gasteiger partial charge >= 0.3 is 17.9 Å². The highest BCUT2D eigenvalue weighted by Gasteiger charge is 2.19. The lowest BCUT2D eigenvalue weighted by atomic mass is 10.0. The van der Waals surface area contributed by atoms with Crippen LogP contribution in [-0.2, 0) is 28.6 Å². The second-order valence-corrected chi connectivity index (χ2v) is 19.1. The van der Waals surface area contributed by atoms with E-state index >= 15 is 0 Å². The lowest BCUT2D eigenvalue weighted by Crippen LogP contribution is -2.30.